The van der Waals surface area contributed by atoms with Crippen LogP contribution in [0.1, 0.15) is 11.5 Å². The van der Waals surface area contributed by atoms with Gasteiger partial charge in [-0.05, 0) is 30.2 Å². The third-order valence-corrected chi connectivity index (χ3v) is 5.54. The number of nitrogens with zero attached hydrogens (tertiary/aromatic N) is 2. The van der Waals surface area contributed by atoms with Crippen molar-refractivity contribution in [3.8, 4) is 10.8 Å². The standard InChI is InChI=1S/C16H19N3O2S.2ClH/c1-10-13(18-16(21-10)14-3-2-4-22-14)5-15(20)19-8-11-6-17-7-12(11)9-19;;/h2-4,11-12,17H,5-9H2,1H3;2*1H/t11-,12+;;. The fourth-order valence-corrected chi connectivity index (χ4v) is 4.06. The second kappa shape index (κ2) is 7.87. The van der Waals surface area contributed by atoms with Crippen LogP contribution in [-0.2, 0) is 11.2 Å². The van der Waals surface area contributed by atoms with Crippen molar-refractivity contribution in [2.45, 2.75) is 13.3 Å². The van der Waals surface area contributed by atoms with Gasteiger partial charge < -0.3 is 14.6 Å². The summed E-state index contributed by atoms with van der Waals surface area (Å²) in [5, 5.41) is 5.39. The van der Waals surface area contributed by atoms with Gasteiger partial charge >= 0.3 is 0 Å². The van der Waals surface area contributed by atoms with E-state index in [1.54, 1.807) is 11.3 Å². The van der Waals surface area contributed by atoms with E-state index >= 15 is 0 Å². The Bertz CT molecular complexity index is 678. The van der Waals surface area contributed by atoms with Crippen LogP contribution >= 0.6 is 36.2 Å². The van der Waals surface area contributed by atoms with Crippen molar-refractivity contribution in [3.05, 3.63) is 29.0 Å². The van der Waals surface area contributed by atoms with E-state index < -0.39 is 0 Å². The number of likely N-dealkylation sites (tertiary alicyclic amines) is 1. The molecule has 132 valence electrons. The lowest BCUT2D eigenvalue weighted by atomic mass is 10.0. The highest BCUT2D eigenvalue weighted by molar-refractivity contribution is 7.13. The lowest BCUT2D eigenvalue weighted by Crippen LogP contribution is -2.33. The molecule has 5 nitrogen and oxygen atoms in total. The number of aromatic nitrogens is 1. The number of fused-ring (bicyclic) bond motifs is 1. The summed E-state index contributed by atoms with van der Waals surface area (Å²) in [6, 6.07) is 3.96. The maximum Gasteiger partial charge on any atom is 0.236 e. The molecule has 0 aromatic carbocycles. The Labute approximate surface area is 157 Å². The van der Waals surface area contributed by atoms with Gasteiger partial charge in [-0.15, -0.1) is 36.2 Å². The van der Waals surface area contributed by atoms with Gasteiger partial charge in [0.15, 0.2) is 0 Å². The minimum Gasteiger partial charge on any atom is -0.440 e. The Morgan fingerprint density at radius 2 is 2.08 bits per heavy atom. The van der Waals surface area contributed by atoms with Gasteiger partial charge in [0.05, 0.1) is 17.0 Å². The molecule has 2 fully saturated rings. The van der Waals surface area contributed by atoms with Gasteiger partial charge in [-0.3, -0.25) is 4.79 Å². The summed E-state index contributed by atoms with van der Waals surface area (Å²) in [6.45, 7) is 5.73. The van der Waals surface area contributed by atoms with Crippen molar-refractivity contribution >= 4 is 42.1 Å². The number of halogens is 2. The molecule has 0 aliphatic carbocycles. The molecule has 2 aromatic rings. The number of hydrogen-bond acceptors (Lipinski definition) is 5. The average Bonchev–Trinajstić information content (AvgIpc) is 3.21. The SMILES string of the molecule is Cc1oc(-c2cccs2)nc1CC(=O)N1C[C@H]2CNC[C@H]2C1.Cl.Cl. The maximum absolute atomic E-state index is 12.5. The third-order valence-electron chi connectivity index (χ3n) is 4.69. The number of oxazole rings is 1. The number of carbonyl (C=O) groups excluding carboxylic acids is 1. The van der Waals surface area contributed by atoms with Crippen molar-refractivity contribution in [1.82, 2.24) is 15.2 Å². The Kier molecular flexibility index (Phi) is 6.31. The molecule has 2 atom stereocenters. The van der Waals surface area contributed by atoms with Gasteiger partial charge in [0, 0.05) is 26.2 Å². The van der Waals surface area contributed by atoms with Crippen molar-refractivity contribution in [2.24, 2.45) is 11.8 Å². The zero-order valence-corrected chi connectivity index (χ0v) is 15.8. The number of nitrogens with one attached hydrogen (secondary N) is 1. The summed E-state index contributed by atoms with van der Waals surface area (Å²) in [6.07, 6.45) is 0.341. The zero-order chi connectivity index (χ0) is 15.1. The number of thiophene rings is 1. The first-order valence-corrected chi connectivity index (χ1v) is 8.57. The number of amides is 1. The molecule has 1 amide bonds. The van der Waals surface area contributed by atoms with Crippen LogP contribution in [0.4, 0.5) is 0 Å². The number of hydrogen-bond donors (Lipinski definition) is 1. The molecule has 0 unspecified atom stereocenters. The monoisotopic (exact) mass is 389 g/mol. The van der Waals surface area contributed by atoms with Crippen LogP contribution in [0.2, 0.25) is 0 Å². The third kappa shape index (κ3) is 3.61. The highest BCUT2D eigenvalue weighted by Gasteiger charge is 2.38. The first-order valence-electron chi connectivity index (χ1n) is 7.69. The fraction of sp³-hybridized carbons (Fsp3) is 0.500. The van der Waals surface area contributed by atoms with Crippen molar-refractivity contribution in [1.29, 1.82) is 0 Å². The number of rotatable bonds is 3. The molecule has 1 N–H and O–H groups in total. The molecular weight excluding hydrogens is 369 g/mol. The quantitative estimate of drug-likeness (QED) is 0.876. The van der Waals surface area contributed by atoms with Gasteiger partial charge in [0.25, 0.3) is 0 Å². The van der Waals surface area contributed by atoms with Gasteiger partial charge in [-0.1, -0.05) is 6.07 Å². The van der Waals surface area contributed by atoms with Gasteiger partial charge in [-0.25, -0.2) is 4.98 Å². The van der Waals surface area contributed by atoms with Crippen LogP contribution in [0.15, 0.2) is 21.9 Å². The van der Waals surface area contributed by atoms with E-state index in [9.17, 15) is 4.79 Å². The van der Waals surface area contributed by atoms with Gasteiger partial charge in [-0.2, -0.15) is 0 Å². The van der Waals surface area contributed by atoms with E-state index in [-0.39, 0.29) is 30.7 Å². The van der Waals surface area contributed by atoms with Crippen LogP contribution in [0.25, 0.3) is 10.8 Å². The smallest absolute Gasteiger partial charge is 0.236 e. The zero-order valence-electron chi connectivity index (χ0n) is 13.4. The topological polar surface area (TPSA) is 58.4 Å². The minimum absolute atomic E-state index is 0. The average molecular weight is 390 g/mol. The molecule has 0 bridgehead atoms. The molecule has 0 saturated carbocycles. The summed E-state index contributed by atoms with van der Waals surface area (Å²) >= 11 is 1.59. The van der Waals surface area contributed by atoms with E-state index in [0.29, 0.717) is 24.1 Å². The Hall–Kier alpha value is -1.08. The molecule has 2 aliphatic heterocycles. The van der Waals surface area contributed by atoms with Crippen LogP contribution in [0, 0.1) is 18.8 Å². The molecule has 2 aromatic heterocycles. The van der Waals surface area contributed by atoms with E-state index in [4.69, 9.17) is 4.42 Å². The number of carbonyl (C=O) groups is 1. The molecule has 0 spiro atoms. The van der Waals surface area contributed by atoms with Crippen molar-refractivity contribution in [2.75, 3.05) is 26.2 Å². The summed E-state index contributed by atoms with van der Waals surface area (Å²) in [4.78, 5) is 20.0. The Morgan fingerprint density at radius 3 is 2.71 bits per heavy atom. The largest absolute Gasteiger partial charge is 0.440 e. The van der Waals surface area contributed by atoms with Gasteiger partial charge in [0.1, 0.15) is 5.76 Å². The fourth-order valence-electron chi connectivity index (χ4n) is 3.41. The molecule has 2 saturated heterocycles. The molecule has 8 heteroatoms. The Morgan fingerprint density at radius 1 is 1.38 bits per heavy atom. The molecule has 0 radical (unpaired) electrons. The minimum atomic E-state index is 0. The van der Waals surface area contributed by atoms with E-state index in [1.807, 2.05) is 29.3 Å². The Balaban J connectivity index is 0.00000104. The highest BCUT2D eigenvalue weighted by Crippen LogP contribution is 2.28. The summed E-state index contributed by atoms with van der Waals surface area (Å²) in [5.41, 5.74) is 0.767. The first kappa shape index (κ1) is 19.2. The number of aryl methyl sites for hydroxylation is 1. The molecule has 2 aliphatic rings. The van der Waals surface area contributed by atoms with Gasteiger partial charge in [0.2, 0.25) is 11.8 Å². The predicted molar refractivity (Wildman–Crippen MR) is 99.2 cm³/mol. The van der Waals surface area contributed by atoms with Crippen LogP contribution in [-0.4, -0.2) is 42.0 Å². The summed E-state index contributed by atoms with van der Waals surface area (Å²) < 4.78 is 5.72. The predicted octanol–water partition coefficient (Wildman–Crippen LogP) is 2.78. The van der Waals surface area contributed by atoms with E-state index in [0.717, 1.165) is 42.5 Å². The molecule has 4 rings (SSSR count). The lowest BCUT2D eigenvalue weighted by Gasteiger charge is -2.16. The van der Waals surface area contributed by atoms with Crippen LogP contribution in [0.5, 0.6) is 0 Å². The molecular formula is C16H21Cl2N3O2S. The normalized spacial score (nSPS) is 22.0. The lowest BCUT2D eigenvalue weighted by molar-refractivity contribution is -0.129. The summed E-state index contributed by atoms with van der Waals surface area (Å²) in [5.74, 6) is 2.80. The van der Waals surface area contributed by atoms with Crippen LogP contribution < -0.4 is 5.32 Å². The first-order chi connectivity index (χ1) is 10.7. The van der Waals surface area contributed by atoms with Crippen LogP contribution in [0.3, 0.4) is 0 Å². The van der Waals surface area contributed by atoms with Crippen molar-refractivity contribution in [3.63, 3.8) is 0 Å². The van der Waals surface area contributed by atoms with Crippen molar-refractivity contribution < 1.29 is 9.21 Å². The second-order valence-corrected chi connectivity index (χ2v) is 7.10. The molecule has 4 heterocycles. The summed E-state index contributed by atoms with van der Waals surface area (Å²) in [7, 11) is 0. The maximum atomic E-state index is 12.5. The van der Waals surface area contributed by atoms with E-state index in [2.05, 4.69) is 10.3 Å². The molecule has 24 heavy (non-hydrogen) atoms. The highest BCUT2D eigenvalue weighted by atomic mass is 35.5. The van der Waals surface area contributed by atoms with E-state index in [1.165, 1.54) is 0 Å². The second-order valence-electron chi connectivity index (χ2n) is 6.15.